The first-order chi connectivity index (χ1) is 19.9. The van der Waals surface area contributed by atoms with Crippen LogP contribution in [0.4, 0.5) is 0 Å². The number of ether oxygens (including phenoxy) is 2. The van der Waals surface area contributed by atoms with E-state index in [1.165, 1.54) is 0 Å². The highest BCUT2D eigenvalue weighted by Gasteiger charge is 2.30. The Labute approximate surface area is 241 Å². The molecule has 220 valence electrons. The smallest absolute Gasteiger partial charge is 0.332 e. The third-order valence-electron chi connectivity index (χ3n) is 6.87. The number of allylic oxidation sites excluding steroid dienone is 2. The van der Waals surface area contributed by atoms with Crippen molar-refractivity contribution in [2.45, 2.75) is 64.1 Å². The molecule has 1 aliphatic rings. The first-order valence-electron chi connectivity index (χ1n) is 14.1. The number of hydrogen-bond acceptors (Lipinski definition) is 7. The Kier molecular flexibility index (Phi) is 13.1. The number of hydrogen-bond donors (Lipinski definition) is 3. The molecular formula is C32H40N2O7. The van der Waals surface area contributed by atoms with Crippen LogP contribution < -0.4 is 10.6 Å². The third kappa shape index (κ3) is 11.2. The lowest BCUT2D eigenvalue weighted by Gasteiger charge is -2.23. The maximum atomic E-state index is 13.3. The van der Waals surface area contributed by atoms with Crippen molar-refractivity contribution in [3.05, 3.63) is 83.9 Å². The second kappa shape index (κ2) is 17.0. The lowest BCUT2D eigenvalue weighted by Crippen LogP contribution is -2.48. The first kappa shape index (κ1) is 31.5. The molecule has 0 aliphatic carbocycles. The summed E-state index contributed by atoms with van der Waals surface area (Å²) in [5.74, 6) is -3.29. The van der Waals surface area contributed by atoms with Gasteiger partial charge in [0.05, 0.1) is 18.4 Å². The Morgan fingerprint density at radius 1 is 1.02 bits per heavy atom. The number of aliphatic hydroxyl groups excluding tert-OH is 1. The normalized spacial score (nSPS) is 21.1. The molecule has 1 aliphatic heterocycles. The summed E-state index contributed by atoms with van der Waals surface area (Å²) in [5.41, 5.74) is 1.78. The summed E-state index contributed by atoms with van der Waals surface area (Å²) in [6, 6.07) is 17.1. The Hall–Kier alpha value is -3.98. The topological polar surface area (TPSA) is 131 Å². The van der Waals surface area contributed by atoms with Crippen molar-refractivity contribution < 1.29 is 33.8 Å². The largest absolute Gasteiger partial charge is 0.463 e. The van der Waals surface area contributed by atoms with E-state index in [2.05, 4.69) is 10.6 Å². The molecule has 0 saturated heterocycles. The van der Waals surface area contributed by atoms with E-state index in [1.807, 2.05) is 72.8 Å². The van der Waals surface area contributed by atoms with Gasteiger partial charge in [-0.05, 0) is 50.2 Å². The van der Waals surface area contributed by atoms with Crippen LogP contribution in [0.5, 0.6) is 0 Å². The average Bonchev–Trinajstić information content (AvgIpc) is 2.98. The molecular weight excluding hydrogens is 524 g/mol. The molecule has 0 radical (unpaired) electrons. The number of amides is 2. The van der Waals surface area contributed by atoms with E-state index in [-0.39, 0.29) is 38.6 Å². The molecule has 0 aromatic heterocycles. The monoisotopic (exact) mass is 564 g/mol. The molecule has 2 aromatic carbocycles. The molecule has 0 saturated carbocycles. The number of benzene rings is 2. The van der Waals surface area contributed by atoms with Crippen LogP contribution in [0.1, 0.15) is 50.2 Å². The molecule has 2 amide bonds. The van der Waals surface area contributed by atoms with E-state index in [4.69, 9.17) is 9.47 Å². The molecule has 3 rings (SSSR count). The van der Waals surface area contributed by atoms with Crippen LogP contribution in [0.2, 0.25) is 0 Å². The van der Waals surface area contributed by atoms with Gasteiger partial charge >= 0.3 is 11.9 Å². The summed E-state index contributed by atoms with van der Waals surface area (Å²) in [5, 5.41) is 14.6. The van der Waals surface area contributed by atoms with Gasteiger partial charge in [-0.2, -0.15) is 0 Å². The standard InChI is InChI=1S/C32H40N2O7/c1-23(20-35)33-29(36)19-26-16-10-2-3-11-17-27(18-24-12-6-4-7-13-24)31(38)41-22-28(34-30(26)37)32(39)40-21-25-14-8-5-9-15-25/h2,4-10,12-15,23,26-28,35H,3,11,16-22H2,1H3,(H,33,36)(H,34,37)/t23-,26+,27+,28+/m0/s1. The van der Waals surface area contributed by atoms with Gasteiger partial charge in [-0.1, -0.05) is 72.8 Å². The zero-order valence-corrected chi connectivity index (χ0v) is 23.5. The Morgan fingerprint density at radius 2 is 1.71 bits per heavy atom. The predicted molar refractivity (Wildman–Crippen MR) is 153 cm³/mol. The number of carbonyl (C=O) groups is 4. The van der Waals surface area contributed by atoms with E-state index in [1.54, 1.807) is 6.92 Å². The predicted octanol–water partition coefficient (Wildman–Crippen LogP) is 3.25. The second-order valence-corrected chi connectivity index (χ2v) is 10.4. The van der Waals surface area contributed by atoms with E-state index in [0.717, 1.165) is 17.5 Å². The van der Waals surface area contributed by atoms with Crippen molar-refractivity contribution in [2.24, 2.45) is 11.8 Å². The minimum atomic E-state index is -1.25. The van der Waals surface area contributed by atoms with Gasteiger partial charge in [-0.15, -0.1) is 0 Å². The van der Waals surface area contributed by atoms with Gasteiger partial charge in [0.2, 0.25) is 11.8 Å². The highest BCUT2D eigenvalue weighted by Crippen LogP contribution is 2.19. The molecule has 1 heterocycles. The molecule has 4 atom stereocenters. The zero-order chi connectivity index (χ0) is 29.5. The van der Waals surface area contributed by atoms with Gasteiger partial charge in [0, 0.05) is 12.5 Å². The molecule has 3 N–H and O–H groups in total. The lowest BCUT2D eigenvalue weighted by atomic mass is 9.93. The van der Waals surface area contributed by atoms with Crippen molar-refractivity contribution in [1.82, 2.24) is 10.6 Å². The Bertz CT molecular complexity index is 1150. The molecule has 2 aromatic rings. The number of rotatable bonds is 9. The van der Waals surface area contributed by atoms with Crippen LogP contribution in [0.25, 0.3) is 0 Å². The molecule has 0 unspecified atom stereocenters. The van der Waals surface area contributed by atoms with Crippen molar-refractivity contribution in [1.29, 1.82) is 0 Å². The first-order valence-corrected chi connectivity index (χ1v) is 14.1. The van der Waals surface area contributed by atoms with Crippen LogP contribution in [0.3, 0.4) is 0 Å². The Balaban J connectivity index is 1.77. The minimum Gasteiger partial charge on any atom is -0.463 e. The van der Waals surface area contributed by atoms with Crippen molar-refractivity contribution in [2.75, 3.05) is 13.2 Å². The van der Waals surface area contributed by atoms with E-state index >= 15 is 0 Å². The highest BCUT2D eigenvalue weighted by atomic mass is 16.6. The fourth-order valence-corrected chi connectivity index (χ4v) is 4.52. The van der Waals surface area contributed by atoms with Crippen molar-refractivity contribution in [3.8, 4) is 0 Å². The molecule has 0 fully saturated rings. The fraction of sp³-hybridized carbons (Fsp3) is 0.438. The van der Waals surface area contributed by atoms with Crippen LogP contribution in [-0.2, 0) is 41.7 Å². The van der Waals surface area contributed by atoms with Crippen LogP contribution in [0, 0.1) is 11.8 Å². The second-order valence-electron chi connectivity index (χ2n) is 10.4. The van der Waals surface area contributed by atoms with Crippen LogP contribution in [-0.4, -0.2) is 54.2 Å². The van der Waals surface area contributed by atoms with E-state index in [0.29, 0.717) is 19.3 Å². The maximum absolute atomic E-state index is 13.3. The van der Waals surface area contributed by atoms with Gasteiger partial charge in [0.25, 0.3) is 0 Å². The summed E-state index contributed by atoms with van der Waals surface area (Å²) in [7, 11) is 0. The molecule has 9 nitrogen and oxygen atoms in total. The summed E-state index contributed by atoms with van der Waals surface area (Å²) >= 11 is 0. The zero-order valence-electron chi connectivity index (χ0n) is 23.5. The summed E-state index contributed by atoms with van der Waals surface area (Å²) in [6.45, 7) is 1.03. The molecule has 9 heteroatoms. The summed E-state index contributed by atoms with van der Waals surface area (Å²) in [6.07, 6.45) is 6.48. The third-order valence-corrected chi connectivity index (χ3v) is 6.87. The van der Waals surface area contributed by atoms with Gasteiger partial charge in [-0.3, -0.25) is 14.4 Å². The van der Waals surface area contributed by atoms with Gasteiger partial charge < -0.3 is 25.2 Å². The van der Waals surface area contributed by atoms with E-state index < -0.39 is 41.8 Å². The molecule has 0 bridgehead atoms. The molecule has 0 spiro atoms. The fourth-order valence-electron chi connectivity index (χ4n) is 4.52. The number of aliphatic hydroxyl groups is 1. The summed E-state index contributed by atoms with van der Waals surface area (Å²) in [4.78, 5) is 52.1. The van der Waals surface area contributed by atoms with E-state index in [9.17, 15) is 24.3 Å². The van der Waals surface area contributed by atoms with Crippen molar-refractivity contribution in [3.63, 3.8) is 0 Å². The molecule has 41 heavy (non-hydrogen) atoms. The summed E-state index contributed by atoms with van der Waals surface area (Å²) < 4.78 is 11.1. The number of nitrogens with one attached hydrogen (secondary N) is 2. The SMILES string of the molecule is C[C@@H](CO)NC(=O)C[C@H]1CC=CCCC[C@H](Cc2ccccc2)C(=O)OC[C@H](C(=O)OCc2ccccc2)NC1=O. The number of esters is 2. The van der Waals surface area contributed by atoms with Gasteiger partial charge in [0.15, 0.2) is 6.04 Å². The highest BCUT2D eigenvalue weighted by molar-refractivity contribution is 5.89. The lowest BCUT2D eigenvalue weighted by molar-refractivity contribution is -0.157. The Morgan fingerprint density at radius 3 is 2.39 bits per heavy atom. The van der Waals surface area contributed by atoms with Crippen LogP contribution >= 0.6 is 0 Å². The average molecular weight is 565 g/mol. The van der Waals surface area contributed by atoms with Crippen molar-refractivity contribution >= 4 is 23.8 Å². The number of carbonyl (C=O) groups excluding carboxylic acids is 4. The number of cyclic esters (lactones) is 1. The minimum absolute atomic E-state index is 0.00968. The quantitative estimate of drug-likeness (QED) is 0.315. The maximum Gasteiger partial charge on any atom is 0.332 e. The van der Waals surface area contributed by atoms with Crippen LogP contribution in [0.15, 0.2) is 72.8 Å². The van der Waals surface area contributed by atoms with Gasteiger partial charge in [0.1, 0.15) is 13.2 Å². The van der Waals surface area contributed by atoms with Gasteiger partial charge in [-0.25, -0.2) is 4.79 Å².